The second-order valence-corrected chi connectivity index (χ2v) is 5.43. The molecular weight excluding hydrogens is 280 g/mol. The van der Waals surface area contributed by atoms with Gasteiger partial charge in [0.1, 0.15) is 0 Å². The highest BCUT2D eigenvalue weighted by Crippen LogP contribution is 2.26. The molecule has 0 saturated heterocycles. The Morgan fingerprint density at radius 2 is 1.41 bits per heavy atom. The van der Waals surface area contributed by atoms with E-state index in [4.69, 9.17) is 5.11 Å². The number of benzene rings is 2. The quantitative estimate of drug-likeness (QED) is 0.864. The number of hydrogen-bond acceptors (Lipinski definition) is 3. The van der Waals surface area contributed by atoms with Gasteiger partial charge in [-0.1, -0.05) is 18.2 Å². The van der Waals surface area contributed by atoms with Gasteiger partial charge in [-0.05, 0) is 49.1 Å². The Hall–Kier alpha value is -2.75. The Bertz CT molecular complexity index is 750. The van der Waals surface area contributed by atoms with Crippen LogP contribution in [0.3, 0.4) is 0 Å². The minimum atomic E-state index is -1.06. The van der Waals surface area contributed by atoms with Crippen molar-refractivity contribution in [3.63, 3.8) is 0 Å². The first-order valence-electron chi connectivity index (χ1n) is 7.02. The molecule has 0 fully saturated rings. The summed E-state index contributed by atoms with van der Waals surface area (Å²) in [6.45, 7) is 1.46. The van der Waals surface area contributed by atoms with Crippen molar-refractivity contribution in [3.05, 3.63) is 69.8 Å². The van der Waals surface area contributed by atoms with E-state index >= 15 is 0 Å². The molecule has 0 aromatic heterocycles. The van der Waals surface area contributed by atoms with E-state index in [-0.39, 0.29) is 17.1 Å². The standard InChI is InChI=1S/C18H14O4/c1-10(19)13-6-4-11-2-3-12-5-7-14(18(21)22)9-16(12)17(20)15(11)8-13/h4-9H,2-3H2,1H3,(H,21,22). The first kappa shape index (κ1) is 14.2. The van der Waals surface area contributed by atoms with Crippen LogP contribution in [0.4, 0.5) is 0 Å². The molecule has 3 rings (SSSR count). The maximum atomic E-state index is 12.8. The molecule has 1 aliphatic rings. The predicted molar refractivity (Wildman–Crippen MR) is 80.7 cm³/mol. The first-order chi connectivity index (χ1) is 10.5. The van der Waals surface area contributed by atoms with Gasteiger partial charge in [0.25, 0.3) is 0 Å². The van der Waals surface area contributed by atoms with Gasteiger partial charge < -0.3 is 5.11 Å². The smallest absolute Gasteiger partial charge is 0.335 e. The van der Waals surface area contributed by atoms with E-state index in [1.54, 1.807) is 18.2 Å². The van der Waals surface area contributed by atoms with Crippen molar-refractivity contribution in [2.45, 2.75) is 19.8 Å². The highest BCUT2D eigenvalue weighted by Gasteiger charge is 2.23. The fourth-order valence-electron chi connectivity index (χ4n) is 2.78. The van der Waals surface area contributed by atoms with E-state index in [1.807, 2.05) is 6.07 Å². The minimum absolute atomic E-state index is 0.0956. The third-order valence-electron chi connectivity index (χ3n) is 4.03. The number of aromatic carboxylic acids is 1. The summed E-state index contributed by atoms with van der Waals surface area (Å²) in [4.78, 5) is 35.4. The van der Waals surface area contributed by atoms with Crippen LogP contribution < -0.4 is 0 Å². The molecule has 2 aromatic carbocycles. The zero-order valence-electron chi connectivity index (χ0n) is 12.1. The van der Waals surface area contributed by atoms with Crippen LogP contribution in [0.1, 0.15) is 54.7 Å². The number of carbonyl (C=O) groups excluding carboxylic acids is 2. The lowest BCUT2D eigenvalue weighted by atomic mass is 9.95. The summed E-state index contributed by atoms with van der Waals surface area (Å²) < 4.78 is 0. The second-order valence-electron chi connectivity index (χ2n) is 5.43. The molecule has 0 radical (unpaired) electrons. The van der Waals surface area contributed by atoms with Crippen molar-refractivity contribution in [2.75, 3.05) is 0 Å². The third kappa shape index (κ3) is 2.33. The summed E-state index contributed by atoms with van der Waals surface area (Å²) in [5.74, 6) is -1.37. The highest BCUT2D eigenvalue weighted by molar-refractivity contribution is 6.13. The number of rotatable bonds is 2. The number of aryl methyl sites for hydroxylation is 2. The van der Waals surface area contributed by atoms with Gasteiger partial charge in [0.05, 0.1) is 5.56 Å². The molecule has 0 atom stereocenters. The monoisotopic (exact) mass is 294 g/mol. The number of hydrogen-bond donors (Lipinski definition) is 1. The van der Waals surface area contributed by atoms with Crippen LogP contribution in [-0.2, 0) is 12.8 Å². The van der Waals surface area contributed by atoms with Crippen LogP contribution >= 0.6 is 0 Å². The van der Waals surface area contributed by atoms with Crippen LogP contribution in [0.5, 0.6) is 0 Å². The van der Waals surface area contributed by atoms with Crippen molar-refractivity contribution in [1.29, 1.82) is 0 Å². The first-order valence-corrected chi connectivity index (χ1v) is 7.02. The summed E-state index contributed by atoms with van der Waals surface area (Å²) >= 11 is 0. The number of ketones is 2. The minimum Gasteiger partial charge on any atom is -0.478 e. The van der Waals surface area contributed by atoms with Crippen molar-refractivity contribution in [1.82, 2.24) is 0 Å². The zero-order chi connectivity index (χ0) is 15.9. The number of carboxylic acid groups (broad SMARTS) is 1. The molecule has 0 spiro atoms. The number of carboxylic acids is 1. The molecular formula is C18H14O4. The topological polar surface area (TPSA) is 71.4 Å². The van der Waals surface area contributed by atoms with E-state index in [1.165, 1.54) is 19.1 Å². The van der Waals surface area contributed by atoms with Crippen LogP contribution in [0, 0.1) is 0 Å². The van der Waals surface area contributed by atoms with Gasteiger partial charge in [-0.3, -0.25) is 9.59 Å². The fraction of sp³-hybridized carbons (Fsp3) is 0.167. The summed E-state index contributed by atoms with van der Waals surface area (Å²) in [6.07, 6.45) is 1.37. The van der Waals surface area contributed by atoms with Crippen LogP contribution in [0.25, 0.3) is 0 Å². The second kappa shape index (κ2) is 5.22. The van der Waals surface area contributed by atoms with Crippen molar-refractivity contribution in [2.24, 2.45) is 0 Å². The molecule has 1 N–H and O–H groups in total. The van der Waals surface area contributed by atoms with Crippen LogP contribution in [-0.4, -0.2) is 22.6 Å². The van der Waals surface area contributed by atoms with Gasteiger partial charge in [-0.25, -0.2) is 4.79 Å². The SMILES string of the molecule is CC(=O)c1ccc2c(c1)C(=O)c1cc(C(=O)O)ccc1CC2. The Morgan fingerprint density at radius 3 is 1.91 bits per heavy atom. The average Bonchev–Trinajstić information content (AvgIpc) is 2.64. The van der Waals surface area contributed by atoms with E-state index in [9.17, 15) is 14.4 Å². The number of Topliss-reactive ketones (excluding diaryl/α,β-unsaturated/α-hetero) is 1. The molecule has 22 heavy (non-hydrogen) atoms. The molecule has 0 saturated carbocycles. The van der Waals surface area contributed by atoms with Gasteiger partial charge >= 0.3 is 5.97 Å². The lowest BCUT2D eigenvalue weighted by molar-refractivity contribution is 0.0696. The molecule has 0 amide bonds. The maximum absolute atomic E-state index is 12.8. The number of fused-ring (bicyclic) bond motifs is 2. The van der Waals surface area contributed by atoms with E-state index in [0.717, 1.165) is 11.1 Å². The maximum Gasteiger partial charge on any atom is 0.335 e. The van der Waals surface area contributed by atoms with Gasteiger partial charge in [0.2, 0.25) is 0 Å². The molecule has 4 heteroatoms. The van der Waals surface area contributed by atoms with Gasteiger partial charge in [0, 0.05) is 16.7 Å². The van der Waals surface area contributed by atoms with Crippen LogP contribution in [0.2, 0.25) is 0 Å². The Labute approximate surface area is 127 Å². The largest absolute Gasteiger partial charge is 0.478 e. The summed E-state index contributed by atoms with van der Waals surface area (Å²) in [5.41, 5.74) is 3.23. The van der Waals surface area contributed by atoms with E-state index in [0.29, 0.717) is 29.5 Å². The average molecular weight is 294 g/mol. The van der Waals surface area contributed by atoms with Crippen molar-refractivity contribution in [3.8, 4) is 0 Å². The molecule has 4 nitrogen and oxygen atoms in total. The molecule has 0 bridgehead atoms. The molecule has 0 aliphatic heterocycles. The summed E-state index contributed by atoms with van der Waals surface area (Å²) in [7, 11) is 0. The summed E-state index contributed by atoms with van der Waals surface area (Å²) in [6, 6.07) is 9.80. The molecule has 2 aromatic rings. The van der Waals surface area contributed by atoms with Gasteiger partial charge in [0.15, 0.2) is 11.6 Å². The van der Waals surface area contributed by atoms with Crippen molar-refractivity contribution < 1.29 is 19.5 Å². The van der Waals surface area contributed by atoms with Gasteiger partial charge in [-0.2, -0.15) is 0 Å². The predicted octanol–water partition coefficient (Wildman–Crippen LogP) is 2.92. The fourth-order valence-corrected chi connectivity index (χ4v) is 2.78. The number of carbonyl (C=O) groups is 3. The Kier molecular flexibility index (Phi) is 3.37. The van der Waals surface area contributed by atoms with Crippen molar-refractivity contribution >= 4 is 17.5 Å². The Morgan fingerprint density at radius 1 is 0.909 bits per heavy atom. The highest BCUT2D eigenvalue weighted by atomic mass is 16.4. The van der Waals surface area contributed by atoms with Crippen LogP contribution in [0.15, 0.2) is 36.4 Å². The zero-order valence-corrected chi connectivity index (χ0v) is 12.1. The lowest BCUT2D eigenvalue weighted by Gasteiger charge is -2.07. The lowest BCUT2D eigenvalue weighted by Crippen LogP contribution is -2.08. The molecule has 1 aliphatic carbocycles. The third-order valence-corrected chi connectivity index (χ3v) is 4.03. The molecule has 110 valence electrons. The van der Waals surface area contributed by atoms with E-state index < -0.39 is 5.97 Å². The molecule has 0 heterocycles. The Balaban J connectivity index is 2.17. The normalized spacial score (nSPS) is 13.0. The van der Waals surface area contributed by atoms with E-state index in [2.05, 4.69) is 0 Å². The summed E-state index contributed by atoms with van der Waals surface area (Å²) in [5, 5.41) is 9.10. The molecule has 0 unspecified atom stereocenters. The van der Waals surface area contributed by atoms with Gasteiger partial charge in [-0.15, -0.1) is 0 Å².